The van der Waals surface area contributed by atoms with E-state index in [4.69, 9.17) is 11.6 Å². The maximum atomic E-state index is 6.15. The molecule has 0 aliphatic rings. The SMILES string of the molecule is Cc1c(Cl)nc(C(C)C)nc1NCC(C)C(C)C. The normalized spacial score (nSPS) is 13.2. The van der Waals surface area contributed by atoms with Crippen molar-refractivity contribution in [2.45, 2.75) is 47.5 Å². The van der Waals surface area contributed by atoms with E-state index in [1.165, 1.54) is 0 Å². The first-order chi connectivity index (χ1) is 8.32. The van der Waals surface area contributed by atoms with Crippen molar-refractivity contribution in [2.75, 3.05) is 11.9 Å². The maximum Gasteiger partial charge on any atom is 0.137 e. The fraction of sp³-hybridized carbons (Fsp3) is 0.714. The van der Waals surface area contributed by atoms with E-state index in [2.05, 4.69) is 49.9 Å². The standard InChI is InChI=1S/C14H24ClN3/c1-8(2)10(5)7-16-14-11(6)12(15)17-13(18-14)9(3)4/h8-10H,7H2,1-6H3,(H,16,17,18). The molecular formula is C14H24ClN3. The molecular weight excluding hydrogens is 246 g/mol. The zero-order valence-corrected chi connectivity index (χ0v) is 13.0. The van der Waals surface area contributed by atoms with Crippen molar-refractivity contribution < 1.29 is 0 Å². The molecule has 4 heteroatoms. The lowest BCUT2D eigenvalue weighted by Crippen LogP contribution is -2.18. The Morgan fingerprint density at radius 1 is 1.11 bits per heavy atom. The lowest BCUT2D eigenvalue weighted by molar-refractivity contribution is 0.439. The van der Waals surface area contributed by atoms with E-state index in [0.29, 0.717) is 17.0 Å². The third-order valence-electron chi connectivity index (χ3n) is 3.35. The molecule has 3 nitrogen and oxygen atoms in total. The first-order valence-electron chi connectivity index (χ1n) is 6.60. The van der Waals surface area contributed by atoms with Crippen LogP contribution < -0.4 is 5.32 Å². The molecule has 0 aliphatic heterocycles. The second kappa shape index (κ2) is 6.37. The molecule has 1 N–H and O–H groups in total. The number of rotatable bonds is 5. The molecule has 1 unspecified atom stereocenters. The van der Waals surface area contributed by atoms with Gasteiger partial charge in [-0.2, -0.15) is 0 Å². The molecule has 1 aromatic heterocycles. The van der Waals surface area contributed by atoms with E-state index >= 15 is 0 Å². The van der Waals surface area contributed by atoms with Gasteiger partial charge in [-0.05, 0) is 18.8 Å². The molecule has 0 bridgehead atoms. The van der Waals surface area contributed by atoms with Crippen LogP contribution in [0.2, 0.25) is 5.15 Å². The van der Waals surface area contributed by atoms with Crippen LogP contribution in [0.25, 0.3) is 0 Å². The van der Waals surface area contributed by atoms with Gasteiger partial charge in [-0.15, -0.1) is 0 Å². The minimum absolute atomic E-state index is 0.283. The van der Waals surface area contributed by atoms with Crippen molar-refractivity contribution in [3.05, 3.63) is 16.5 Å². The van der Waals surface area contributed by atoms with Gasteiger partial charge in [0, 0.05) is 18.0 Å². The van der Waals surface area contributed by atoms with Crippen molar-refractivity contribution >= 4 is 17.4 Å². The monoisotopic (exact) mass is 269 g/mol. The number of hydrogen-bond acceptors (Lipinski definition) is 3. The molecule has 1 aromatic rings. The van der Waals surface area contributed by atoms with Crippen molar-refractivity contribution in [1.29, 1.82) is 0 Å². The molecule has 102 valence electrons. The molecule has 0 aromatic carbocycles. The smallest absolute Gasteiger partial charge is 0.137 e. The first-order valence-corrected chi connectivity index (χ1v) is 6.98. The summed E-state index contributed by atoms with van der Waals surface area (Å²) in [5.41, 5.74) is 0.928. The highest BCUT2D eigenvalue weighted by Crippen LogP contribution is 2.23. The predicted molar refractivity (Wildman–Crippen MR) is 78.4 cm³/mol. The summed E-state index contributed by atoms with van der Waals surface area (Å²) in [7, 11) is 0. The van der Waals surface area contributed by atoms with Crippen molar-refractivity contribution in [3.63, 3.8) is 0 Å². The summed E-state index contributed by atoms with van der Waals surface area (Å²) in [4.78, 5) is 8.87. The Bertz CT molecular complexity index is 402. The minimum atomic E-state index is 0.283. The lowest BCUT2D eigenvalue weighted by atomic mass is 9.98. The summed E-state index contributed by atoms with van der Waals surface area (Å²) in [6.07, 6.45) is 0. The van der Waals surface area contributed by atoms with Crippen LogP contribution in [0.4, 0.5) is 5.82 Å². The van der Waals surface area contributed by atoms with Gasteiger partial charge in [-0.25, -0.2) is 9.97 Å². The van der Waals surface area contributed by atoms with Gasteiger partial charge in [0.2, 0.25) is 0 Å². The molecule has 1 rings (SSSR count). The number of nitrogens with one attached hydrogen (secondary N) is 1. The highest BCUT2D eigenvalue weighted by atomic mass is 35.5. The molecule has 18 heavy (non-hydrogen) atoms. The predicted octanol–water partition coefficient (Wildman–Crippen LogP) is 4.27. The summed E-state index contributed by atoms with van der Waals surface area (Å²) >= 11 is 6.15. The number of nitrogens with zero attached hydrogens (tertiary/aromatic N) is 2. The maximum absolute atomic E-state index is 6.15. The highest BCUT2D eigenvalue weighted by molar-refractivity contribution is 6.30. The fourth-order valence-corrected chi connectivity index (χ4v) is 1.61. The van der Waals surface area contributed by atoms with Crippen LogP contribution >= 0.6 is 11.6 Å². The minimum Gasteiger partial charge on any atom is -0.369 e. The molecule has 0 aliphatic carbocycles. The molecule has 1 atom stereocenters. The second-order valence-electron chi connectivity index (χ2n) is 5.60. The quantitative estimate of drug-likeness (QED) is 0.812. The van der Waals surface area contributed by atoms with E-state index < -0.39 is 0 Å². The van der Waals surface area contributed by atoms with Gasteiger partial charge < -0.3 is 5.32 Å². The van der Waals surface area contributed by atoms with Crippen LogP contribution in [0.3, 0.4) is 0 Å². The Balaban J connectivity index is 2.87. The average Bonchev–Trinajstić information content (AvgIpc) is 2.29. The second-order valence-corrected chi connectivity index (χ2v) is 5.96. The van der Waals surface area contributed by atoms with Gasteiger partial charge in [-0.1, -0.05) is 46.2 Å². The van der Waals surface area contributed by atoms with E-state index in [9.17, 15) is 0 Å². The molecule has 0 radical (unpaired) electrons. The third-order valence-corrected chi connectivity index (χ3v) is 3.72. The van der Waals surface area contributed by atoms with Crippen LogP contribution in [0.5, 0.6) is 0 Å². The summed E-state index contributed by atoms with van der Waals surface area (Å²) in [5, 5.41) is 3.94. The van der Waals surface area contributed by atoms with Crippen LogP contribution in [0.15, 0.2) is 0 Å². The molecule has 0 saturated heterocycles. The Morgan fingerprint density at radius 3 is 2.22 bits per heavy atom. The van der Waals surface area contributed by atoms with Crippen molar-refractivity contribution in [1.82, 2.24) is 9.97 Å². The lowest BCUT2D eigenvalue weighted by Gasteiger charge is -2.18. The summed E-state index contributed by atoms with van der Waals surface area (Å²) in [6.45, 7) is 13.7. The Hall–Kier alpha value is -0.830. The zero-order valence-electron chi connectivity index (χ0n) is 12.2. The van der Waals surface area contributed by atoms with Crippen LogP contribution in [-0.2, 0) is 0 Å². The molecule has 1 heterocycles. The van der Waals surface area contributed by atoms with Gasteiger partial charge in [-0.3, -0.25) is 0 Å². The van der Waals surface area contributed by atoms with E-state index in [1.54, 1.807) is 0 Å². The average molecular weight is 270 g/mol. The first kappa shape index (κ1) is 15.2. The van der Waals surface area contributed by atoms with Gasteiger partial charge in [0.25, 0.3) is 0 Å². The molecule has 0 spiro atoms. The number of aromatic nitrogens is 2. The van der Waals surface area contributed by atoms with Gasteiger partial charge in [0.05, 0.1) is 0 Å². The summed E-state index contributed by atoms with van der Waals surface area (Å²) in [6, 6.07) is 0. The van der Waals surface area contributed by atoms with E-state index in [-0.39, 0.29) is 5.92 Å². The number of halogens is 1. The van der Waals surface area contributed by atoms with Crippen molar-refractivity contribution in [2.24, 2.45) is 11.8 Å². The summed E-state index contributed by atoms with van der Waals surface area (Å²) < 4.78 is 0. The Morgan fingerprint density at radius 2 is 1.72 bits per heavy atom. The Kier molecular flexibility index (Phi) is 5.39. The zero-order chi connectivity index (χ0) is 13.9. The number of anilines is 1. The molecule has 0 saturated carbocycles. The van der Waals surface area contributed by atoms with Crippen LogP contribution in [0.1, 0.15) is 51.9 Å². The molecule has 0 amide bonds. The van der Waals surface area contributed by atoms with E-state index in [0.717, 1.165) is 23.8 Å². The summed E-state index contributed by atoms with van der Waals surface area (Å²) in [5.74, 6) is 3.20. The van der Waals surface area contributed by atoms with Crippen molar-refractivity contribution in [3.8, 4) is 0 Å². The van der Waals surface area contributed by atoms with Crippen LogP contribution in [-0.4, -0.2) is 16.5 Å². The van der Waals surface area contributed by atoms with Gasteiger partial charge in [0.15, 0.2) is 0 Å². The van der Waals surface area contributed by atoms with Gasteiger partial charge >= 0.3 is 0 Å². The fourth-order valence-electron chi connectivity index (χ4n) is 1.43. The van der Waals surface area contributed by atoms with Crippen LogP contribution in [0, 0.1) is 18.8 Å². The largest absolute Gasteiger partial charge is 0.369 e. The van der Waals surface area contributed by atoms with E-state index in [1.807, 2.05) is 6.92 Å². The topological polar surface area (TPSA) is 37.8 Å². The highest BCUT2D eigenvalue weighted by Gasteiger charge is 2.13. The Labute approximate surface area is 115 Å². The number of hydrogen-bond donors (Lipinski definition) is 1. The third kappa shape index (κ3) is 3.84. The van der Waals surface area contributed by atoms with Gasteiger partial charge in [0.1, 0.15) is 16.8 Å². The molecule has 0 fully saturated rings.